The largest absolute Gasteiger partial charge is 0.488 e. The van der Waals surface area contributed by atoms with Gasteiger partial charge in [-0.1, -0.05) is 54.4 Å². The van der Waals surface area contributed by atoms with Crippen LogP contribution in [-0.2, 0) is 31.0 Å². The molecule has 0 aliphatic carbocycles. The third-order valence-electron chi connectivity index (χ3n) is 9.50. The molecule has 270 valence electrons. The first-order chi connectivity index (χ1) is 25.6. The van der Waals surface area contributed by atoms with Gasteiger partial charge in [0.1, 0.15) is 36.8 Å². The van der Waals surface area contributed by atoms with Gasteiger partial charge in [-0.2, -0.15) is 5.26 Å². The third-order valence-corrected chi connectivity index (χ3v) is 10.8. The number of carboxylic acids is 1. The Labute approximate surface area is 316 Å². The van der Waals surface area contributed by atoms with Crippen LogP contribution in [0.25, 0.3) is 11.1 Å². The van der Waals surface area contributed by atoms with Crippen LogP contribution in [0.15, 0.2) is 73.2 Å². The third kappa shape index (κ3) is 8.80. The summed E-state index contributed by atoms with van der Waals surface area (Å²) in [5.74, 6) is -0.0906. The molecule has 0 amide bonds. The normalized spacial score (nSPS) is 14.3. The minimum Gasteiger partial charge on any atom is -0.488 e. The summed E-state index contributed by atoms with van der Waals surface area (Å²) in [6.07, 6.45) is 7.73. The van der Waals surface area contributed by atoms with Crippen LogP contribution in [0, 0.1) is 25.2 Å². The predicted octanol–water partition coefficient (Wildman–Crippen LogP) is 8.18. The first kappa shape index (κ1) is 37.4. The number of carbonyl (C=O) groups excluding carboxylic acids is 2. The van der Waals surface area contributed by atoms with Gasteiger partial charge >= 0.3 is 5.97 Å². The molecule has 6 rings (SSSR count). The van der Waals surface area contributed by atoms with Gasteiger partial charge in [-0.15, -0.1) is 11.3 Å². The molecule has 0 saturated carbocycles. The Morgan fingerprint density at radius 1 is 0.981 bits per heavy atom. The number of piperidine rings is 1. The second-order valence-electron chi connectivity index (χ2n) is 12.9. The van der Waals surface area contributed by atoms with Crippen LogP contribution in [0.1, 0.15) is 77.7 Å². The van der Waals surface area contributed by atoms with Crippen LogP contribution in [0.3, 0.4) is 0 Å². The van der Waals surface area contributed by atoms with Crippen molar-refractivity contribution in [2.24, 2.45) is 0 Å². The number of carbonyl (C=O) groups is 3. The predicted molar refractivity (Wildman–Crippen MR) is 202 cm³/mol. The molecule has 1 N–H and O–H groups in total. The second-order valence-corrected chi connectivity index (χ2v) is 14.4. The molecule has 3 aromatic carbocycles. The van der Waals surface area contributed by atoms with Crippen LogP contribution < -0.4 is 9.47 Å². The van der Waals surface area contributed by atoms with Crippen molar-refractivity contribution in [1.29, 1.82) is 5.26 Å². The van der Waals surface area contributed by atoms with Crippen molar-refractivity contribution < 1.29 is 29.0 Å². The number of aliphatic carboxylic acids is 1. The topological polar surface area (TPSA) is 143 Å². The average Bonchev–Trinajstić information content (AvgIpc) is 3.66. The highest BCUT2D eigenvalue weighted by Gasteiger charge is 2.29. The maximum absolute atomic E-state index is 13.0. The van der Waals surface area contributed by atoms with E-state index in [0.717, 1.165) is 63.1 Å². The number of halogens is 1. The molecule has 1 aliphatic rings. The summed E-state index contributed by atoms with van der Waals surface area (Å²) in [7, 11) is 0. The first-order valence-corrected chi connectivity index (χ1v) is 18.3. The van der Waals surface area contributed by atoms with E-state index in [4.69, 9.17) is 21.1 Å². The molecule has 0 radical (unpaired) electrons. The molecular formula is C41H37ClN4O6S. The number of benzene rings is 3. The van der Waals surface area contributed by atoms with E-state index in [9.17, 15) is 24.8 Å². The Balaban J connectivity index is 1.24. The fourth-order valence-corrected chi connectivity index (χ4v) is 7.49. The van der Waals surface area contributed by atoms with Crippen LogP contribution in [0.2, 0.25) is 5.02 Å². The second kappa shape index (κ2) is 16.9. The standard InChI is InChI=1S/C41H37ClN4O6S/c1-25-29(15-37(48)40-45-20-32(22-47)53-40)7-5-9-33(25)34-10-6-8-30(26(34)2)24-52-39-16-38(51-23-28-13-27(17-43)18-44-19-28)31(14-35(39)42)21-46-12-4-3-11-36(46)41(49)50/h5-10,13-14,16,18-20,22,36H,3-4,11-12,15,21,23-24H2,1-2H3,(H,49,50)/t36-/m0/s1. The van der Waals surface area contributed by atoms with Gasteiger partial charge in [0.15, 0.2) is 17.1 Å². The van der Waals surface area contributed by atoms with E-state index < -0.39 is 12.0 Å². The number of ether oxygens (including phenoxy) is 2. The fourth-order valence-electron chi connectivity index (χ4n) is 6.58. The SMILES string of the molecule is Cc1c(COc2cc(OCc3cncc(C#N)c3)c(CN3CCCC[C@H]3C(=O)O)cc2Cl)cccc1-c1cccc(CC(=O)c2ncc(C=O)s2)c1C. The molecule has 2 aromatic heterocycles. The average molecular weight is 749 g/mol. The number of hydrogen-bond donors (Lipinski definition) is 1. The lowest BCUT2D eigenvalue weighted by Crippen LogP contribution is -2.44. The number of likely N-dealkylation sites (tertiary alicyclic amines) is 1. The van der Waals surface area contributed by atoms with E-state index >= 15 is 0 Å². The zero-order chi connectivity index (χ0) is 37.5. The number of nitriles is 1. The Kier molecular flexibility index (Phi) is 11.9. The summed E-state index contributed by atoms with van der Waals surface area (Å²) < 4.78 is 12.6. The molecule has 3 heterocycles. The first-order valence-electron chi connectivity index (χ1n) is 17.2. The molecule has 1 aliphatic heterocycles. The maximum Gasteiger partial charge on any atom is 0.320 e. The summed E-state index contributed by atoms with van der Waals surface area (Å²) in [6, 6.07) is 18.6. The number of nitrogens with zero attached hydrogens (tertiary/aromatic N) is 4. The van der Waals surface area contributed by atoms with Crippen LogP contribution in [0.5, 0.6) is 11.5 Å². The lowest BCUT2D eigenvalue weighted by Gasteiger charge is -2.33. The van der Waals surface area contributed by atoms with Crippen molar-refractivity contribution in [3.05, 3.63) is 127 Å². The van der Waals surface area contributed by atoms with E-state index in [1.54, 1.807) is 24.4 Å². The molecule has 12 heteroatoms. The lowest BCUT2D eigenvalue weighted by atomic mass is 9.90. The van der Waals surface area contributed by atoms with E-state index in [1.807, 2.05) is 55.1 Å². The van der Waals surface area contributed by atoms with Crippen LogP contribution in [0.4, 0.5) is 0 Å². The Morgan fingerprint density at radius 3 is 2.43 bits per heavy atom. The smallest absolute Gasteiger partial charge is 0.320 e. The van der Waals surface area contributed by atoms with Gasteiger partial charge in [0.2, 0.25) is 0 Å². The van der Waals surface area contributed by atoms with Crippen molar-refractivity contribution in [1.82, 2.24) is 14.9 Å². The van der Waals surface area contributed by atoms with Gasteiger partial charge < -0.3 is 14.6 Å². The molecule has 53 heavy (non-hydrogen) atoms. The zero-order valence-corrected chi connectivity index (χ0v) is 30.9. The van der Waals surface area contributed by atoms with Gasteiger partial charge in [0.05, 0.1) is 15.5 Å². The van der Waals surface area contributed by atoms with E-state index in [0.29, 0.717) is 63.3 Å². The van der Waals surface area contributed by atoms with Crippen molar-refractivity contribution in [2.45, 2.75) is 65.3 Å². The molecule has 10 nitrogen and oxygen atoms in total. The van der Waals surface area contributed by atoms with Crippen LogP contribution >= 0.6 is 22.9 Å². The highest BCUT2D eigenvalue weighted by Crippen LogP contribution is 2.37. The van der Waals surface area contributed by atoms with Crippen LogP contribution in [-0.4, -0.2) is 50.6 Å². The fraction of sp³-hybridized carbons (Fsp3) is 0.268. The quantitative estimate of drug-likeness (QED) is 0.0873. The molecule has 1 saturated heterocycles. The number of aromatic nitrogens is 2. The van der Waals surface area contributed by atoms with Gasteiger partial charge in [-0.3, -0.25) is 24.3 Å². The van der Waals surface area contributed by atoms with Gasteiger partial charge in [-0.25, -0.2) is 4.98 Å². The number of carboxylic acid groups (broad SMARTS) is 1. The molecule has 5 aromatic rings. The zero-order valence-electron chi connectivity index (χ0n) is 29.3. The maximum atomic E-state index is 13.0. The highest BCUT2D eigenvalue weighted by molar-refractivity contribution is 7.15. The molecule has 0 bridgehead atoms. The Bertz CT molecular complexity index is 2210. The summed E-state index contributed by atoms with van der Waals surface area (Å²) in [4.78, 5) is 46.7. The van der Waals surface area contributed by atoms with Crippen molar-refractivity contribution in [3.63, 3.8) is 0 Å². The Morgan fingerprint density at radius 2 is 1.72 bits per heavy atom. The highest BCUT2D eigenvalue weighted by atomic mass is 35.5. The molecule has 0 spiro atoms. The minimum atomic E-state index is -0.851. The van der Waals surface area contributed by atoms with E-state index in [2.05, 4.69) is 16.0 Å². The number of rotatable bonds is 14. The van der Waals surface area contributed by atoms with Crippen molar-refractivity contribution in [2.75, 3.05) is 6.54 Å². The molecule has 1 fully saturated rings. The molecular weight excluding hydrogens is 712 g/mol. The summed E-state index contributed by atoms with van der Waals surface area (Å²) in [5.41, 5.74) is 7.65. The number of Topliss-reactive ketones (excluding diaryl/α,β-unsaturated/α-hetero) is 1. The van der Waals surface area contributed by atoms with Gasteiger partial charge in [-0.05, 0) is 78.7 Å². The number of aldehydes is 1. The lowest BCUT2D eigenvalue weighted by molar-refractivity contribution is -0.144. The summed E-state index contributed by atoms with van der Waals surface area (Å²) in [5, 5.41) is 19.9. The number of thiazole rings is 1. The monoisotopic (exact) mass is 748 g/mol. The van der Waals surface area contributed by atoms with Gasteiger partial charge in [0.25, 0.3) is 0 Å². The number of ketones is 1. The van der Waals surface area contributed by atoms with E-state index in [-0.39, 0.29) is 25.4 Å². The number of hydrogen-bond acceptors (Lipinski definition) is 10. The van der Waals surface area contributed by atoms with Crippen molar-refractivity contribution in [3.8, 4) is 28.7 Å². The molecule has 0 unspecified atom stereocenters. The summed E-state index contributed by atoms with van der Waals surface area (Å²) >= 11 is 7.92. The summed E-state index contributed by atoms with van der Waals surface area (Å²) in [6.45, 7) is 5.34. The van der Waals surface area contributed by atoms with E-state index in [1.165, 1.54) is 12.4 Å². The van der Waals surface area contributed by atoms with Gasteiger partial charge in [0, 0.05) is 48.7 Å². The van der Waals surface area contributed by atoms with Crippen molar-refractivity contribution >= 4 is 41.0 Å². The Hall–Kier alpha value is -5.41. The molecule has 1 atom stereocenters. The number of pyridine rings is 1. The minimum absolute atomic E-state index is 0.133.